The highest BCUT2D eigenvalue weighted by Crippen LogP contribution is 2.37. The fourth-order valence-electron chi connectivity index (χ4n) is 3.83. The first-order valence-electron chi connectivity index (χ1n) is 9.65. The monoisotopic (exact) mass is 420 g/mol. The summed E-state index contributed by atoms with van der Waals surface area (Å²) in [6, 6.07) is 2.17. The first-order chi connectivity index (χ1) is 13.5. The van der Waals surface area contributed by atoms with E-state index in [1.54, 1.807) is 16.2 Å². The smallest absolute Gasteiger partial charge is 0.277 e. The van der Waals surface area contributed by atoms with Crippen LogP contribution >= 0.6 is 23.1 Å². The Labute approximate surface area is 172 Å². The Balaban J connectivity index is 1.35. The number of carbonyl (C=O) groups is 2. The second kappa shape index (κ2) is 8.24. The number of hydrogen-bond acceptors (Lipinski definition) is 7. The predicted octanol–water partition coefficient (Wildman–Crippen LogP) is 2.74. The van der Waals surface area contributed by atoms with Crippen molar-refractivity contribution in [2.75, 3.05) is 18.8 Å². The van der Waals surface area contributed by atoms with Gasteiger partial charge in [-0.25, -0.2) is 0 Å². The molecule has 0 aromatic carbocycles. The van der Waals surface area contributed by atoms with Crippen LogP contribution in [0.3, 0.4) is 0 Å². The Morgan fingerprint density at radius 3 is 3.07 bits per heavy atom. The van der Waals surface area contributed by atoms with E-state index in [1.807, 2.05) is 0 Å². The number of piperidine rings is 1. The maximum absolute atomic E-state index is 12.4. The lowest BCUT2D eigenvalue weighted by Crippen LogP contribution is -2.44. The molecular weight excluding hydrogens is 396 g/mol. The summed E-state index contributed by atoms with van der Waals surface area (Å²) in [6.45, 7) is 3.35. The number of rotatable bonds is 5. The largest absolute Gasteiger partial charge is 0.410 e. The fourth-order valence-corrected chi connectivity index (χ4v) is 5.63. The molecule has 150 valence electrons. The summed E-state index contributed by atoms with van der Waals surface area (Å²) in [7, 11) is 0. The fraction of sp³-hybridized carbons (Fsp3) is 0.579. The van der Waals surface area contributed by atoms with Gasteiger partial charge in [-0.2, -0.15) is 0 Å². The minimum absolute atomic E-state index is 0.0312. The van der Waals surface area contributed by atoms with Gasteiger partial charge in [0.05, 0.1) is 16.5 Å². The number of thiophene rings is 1. The highest BCUT2D eigenvalue weighted by molar-refractivity contribution is 7.99. The molecule has 2 atom stereocenters. The van der Waals surface area contributed by atoms with Crippen LogP contribution in [-0.4, -0.2) is 45.8 Å². The molecule has 28 heavy (non-hydrogen) atoms. The molecule has 1 aliphatic heterocycles. The number of amides is 2. The molecule has 1 aliphatic carbocycles. The number of aryl methyl sites for hydroxylation is 1. The third-order valence-electron chi connectivity index (χ3n) is 5.44. The Morgan fingerprint density at radius 1 is 1.39 bits per heavy atom. The van der Waals surface area contributed by atoms with E-state index in [0.29, 0.717) is 24.2 Å². The van der Waals surface area contributed by atoms with Crippen LogP contribution in [0.25, 0.3) is 10.8 Å². The van der Waals surface area contributed by atoms with Crippen molar-refractivity contribution in [2.24, 2.45) is 17.6 Å². The Kier molecular flexibility index (Phi) is 5.73. The summed E-state index contributed by atoms with van der Waals surface area (Å²) in [5.74, 6) is 0.847. The van der Waals surface area contributed by atoms with Crippen LogP contribution in [0.5, 0.6) is 0 Å². The van der Waals surface area contributed by atoms with Gasteiger partial charge in [0.15, 0.2) is 0 Å². The van der Waals surface area contributed by atoms with Crippen molar-refractivity contribution in [1.82, 2.24) is 15.1 Å². The maximum Gasteiger partial charge on any atom is 0.277 e. The van der Waals surface area contributed by atoms with Crippen molar-refractivity contribution in [3.8, 4) is 10.8 Å². The van der Waals surface area contributed by atoms with Gasteiger partial charge in [0.2, 0.25) is 11.8 Å². The molecule has 4 rings (SSSR count). The van der Waals surface area contributed by atoms with Crippen LogP contribution in [0.2, 0.25) is 0 Å². The zero-order valence-corrected chi connectivity index (χ0v) is 17.5. The molecular formula is C19H24N4O3S2. The number of nitrogens with zero attached hydrogens (tertiary/aromatic N) is 3. The van der Waals surface area contributed by atoms with Gasteiger partial charge < -0.3 is 15.1 Å². The third-order valence-corrected chi connectivity index (χ3v) is 7.47. The minimum atomic E-state index is -0.334. The molecule has 2 aromatic heterocycles. The molecule has 2 amide bonds. The quantitative estimate of drug-likeness (QED) is 0.746. The summed E-state index contributed by atoms with van der Waals surface area (Å²) in [4.78, 5) is 28.0. The van der Waals surface area contributed by atoms with Crippen molar-refractivity contribution in [2.45, 2.75) is 44.3 Å². The molecule has 0 saturated carbocycles. The van der Waals surface area contributed by atoms with Crippen LogP contribution in [-0.2, 0) is 22.4 Å². The molecule has 0 radical (unpaired) electrons. The number of nitrogens with two attached hydrogens (primary N) is 1. The van der Waals surface area contributed by atoms with Gasteiger partial charge in [0.1, 0.15) is 0 Å². The van der Waals surface area contributed by atoms with Crippen LogP contribution in [0.15, 0.2) is 15.7 Å². The molecule has 1 saturated heterocycles. The Bertz CT molecular complexity index is 878. The topological polar surface area (TPSA) is 102 Å². The van der Waals surface area contributed by atoms with Crippen molar-refractivity contribution in [3.63, 3.8) is 0 Å². The Hall–Kier alpha value is -1.87. The normalized spacial score (nSPS) is 22.1. The third kappa shape index (κ3) is 4.25. The molecule has 2 N–H and O–H groups in total. The molecule has 9 heteroatoms. The summed E-state index contributed by atoms with van der Waals surface area (Å²) in [5, 5.41) is 8.64. The van der Waals surface area contributed by atoms with Crippen molar-refractivity contribution in [3.05, 3.63) is 16.5 Å². The number of thioether (sulfide) groups is 1. The summed E-state index contributed by atoms with van der Waals surface area (Å²) < 4.78 is 5.78. The van der Waals surface area contributed by atoms with Crippen molar-refractivity contribution >= 4 is 34.9 Å². The lowest BCUT2D eigenvalue weighted by molar-refractivity contribution is -0.132. The number of aromatic nitrogens is 2. The number of carbonyl (C=O) groups excluding carboxylic acids is 2. The second-order valence-corrected chi connectivity index (χ2v) is 9.71. The van der Waals surface area contributed by atoms with Crippen LogP contribution in [0.1, 0.15) is 36.6 Å². The van der Waals surface area contributed by atoms with Gasteiger partial charge in [0.25, 0.3) is 11.1 Å². The second-order valence-electron chi connectivity index (χ2n) is 7.65. The van der Waals surface area contributed by atoms with E-state index in [-0.39, 0.29) is 23.5 Å². The van der Waals surface area contributed by atoms with Crippen LogP contribution in [0.4, 0.5) is 0 Å². The van der Waals surface area contributed by atoms with E-state index in [2.05, 4.69) is 23.2 Å². The zero-order valence-electron chi connectivity index (χ0n) is 15.8. The number of primary amides is 1. The molecule has 0 bridgehead atoms. The highest BCUT2D eigenvalue weighted by Gasteiger charge is 2.27. The summed E-state index contributed by atoms with van der Waals surface area (Å²) in [6.07, 6.45) is 5.01. The van der Waals surface area contributed by atoms with E-state index in [1.165, 1.54) is 28.6 Å². The summed E-state index contributed by atoms with van der Waals surface area (Å²) in [5.41, 5.74) is 6.78. The molecule has 7 nitrogen and oxygen atoms in total. The van der Waals surface area contributed by atoms with Gasteiger partial charge >= 0.3 is 0 Å². The number of fused-ring (bicyclic) bond motifs is 1. The van der Waals surface area contributed by atoms with E-state index in [4.69, 9.17) is 10.2 Å². The number of hydrogen-bond donors (Lipinski definition) is 1. The lowest BCUT2D eigenvalue weighted by atomic mass is 9.90. The van der Waals surface area contributed by atoms with Gasteiger partial charge in [-0.05, 0) is 49.7 Å². The van der Waals surface area contributed by atoms with Crippen molar-refractivity contribution < 1.29 is 14.0 Å². The molecule has 0 spiro atoms. The lowest BCUT2D eigenvalue weighted by Gasteiger charge is -2.31. The van der Waals surface area contributed by atoms with Crippen LogP contribution < -0.4 is 5.73 Å². The number of likely N-dealkylation sites (tertiary alicyclic amines) is 1. The van der Waals surface area contributed by atoms with Crippen molar-refractivity contribution in [1.29, 1.82) is 0 Å². The molecule has 3 heterocycles. The van der Waals surface area contributed by atoms with E-state index < -0.39 is 0 Å². The zero-order chi connectivity index (χ0) is 19.7. The first kappa shape index (κ1) is 19.4. The predicted molar refractivity (Wildman–Crippen MR) is 108 cm³/mol. The van der Waals surface area contributed by atoms with Gasteiger partial charge in [-0.3, -0.25) is 9.59 Å². The molecule has 1 fully saturated rings. The summed E-state index contributed by atoms with van der Waals surface area (Å²) >= 11 is 2.97. The molecule has 2 aromatic rings. The highest BCUT2D eigenvalue weighted by atomic mass is 32.2. The first-order valence-corrected chi connectivity index (χ1v) is 11.4. The maximum atomic E-state index is 12.4. The average Bonchev–Trinajstić information content (AvgIpc) is 3.32. The van der Waals surface area contributed by atoms with Gasteiger partial charge in [0, 0.05) is 18.0 Å². The Morgan fingerprint density at radius 2 is 2.25 bits per heavy atom. The van der Waals surface area contributed by atoms with Crippen LogP contribution in [0, 0.1) is 11.8 Å². The molecule has 2 aliphatic rings. The standard InChI is InChI=1S/C19H24N4O3S2/c1-11-4-5-14-13(7-11)8-15(28-14)18-21-22-19(26-18)27-10-16(24)23-6-2-3-12(9-23)17(20)25/h8,11-12H,2-7,9-10H2,1H3,(H2,20,25)/t11-,12+/m1/s1. The van der Waals surface area contributed by atoms with Gasteiger partial charge in [-0.1, -0.05) is 18.7 Å². The van der Waals surface area contributed by atoms with E-state index in [9.17, 15) is 9.59 Å². The van der Waals surface area contributed by atoms with E-state index >= 15 is 0 Å². The minimum Gasteiger partial charge on any atom is -0.410 e. The van der Waals surface area contributed by atoms with E-state index in [0.717, 1.165) is 36.5 Å². The average molecular weight is 421 g/mol. The SMILES string of the molecule is C[C@@H]1CCc2sc(-c3nnc(SCC(=O)N4CCC[C@H](C(N)=O)C4)o3)cc2C1. The van der Waals surface area contributed by atoms with Gasteiger partial charge in [-0.15, -0.1) is 21.5 Å². The molecule has 0 unspecified atom stereocenters.